The van der Waals surface area contributed by atoms with Gasteiger partial charge < -0.3 is 10.1 Å². The molecule has 10 heteroatoms. The molecule has 2 aromatic rings. The van der Waals surface area contributed by atoms with Crippen molar-refractivity contribution in [1.29, 1.82) is 0 Å². The van der Waals surface area contributed by atoms with Gasteiger partial charge in [-0.1, -0.05) is 6.58 Å². The van der Waals surface area contributed by atoms with Crippen LogP contribution < -0.4 is 5.32 Å². The largest absolute Gasteiger partial charge is 0.354 e. The van der Waals surface area contributed by atoms with Crippen molar-refractivity contribution in [3.63, 3.8) is 0 Å². The number of carbonyl (C=O) groups is 1. The standard InChI is InChI=1S/C17H19N3O4S3/c1-3-15(21)19-16-6-11-7-20(8-13(11)24-16)27(22,23)17-5-4-14(26-17)12-9-25-10(2)18-12/h3-5,9,11,13,16H,1,6-8H2,2H3,(H,19,21). The average molecular weight is 426 g/mol. The van der Waals surface area contributed by atoms with Gasteiger partial charge in [-0.3, -0.25) is 4.79 Å². The van der Waals surface area contributed by atoms with Gasteiger partial charge >= 0.3 is 0 Å². The fourth-order valence-electron chi connectivity index (χ4n) is 3.43. The van der Waals surface area contributed by atoms with Crippen LogP contribution in [0.4, 0.5) is 0 Å². The molecule has 0 spiro atoms. The Morgan fingerprint density at radius 3 is 2.93 bits per heavy atom. The third kappa shape index (κ3) is 3.59. The second kappa shape index (κ2) is 7.10. The minimum Gasteiger partial charge on any atom is -0.354 e. The lowest BCUT2D eigenvalue weighted by Gasteiger charge is -2.18. The van der Waals surface area contributed by atoms with E-state index in [4.69, 9.17) is 4.74 Å². The monoisotopic (exact) mass is 425 g/mol. The summed E-state index contributed by atoms with van der Waals surface area (Å²) < 4.78 is 33.6. The van der Waals surface area contributed by atoms with E-state index in [2.05, 4.69) is 16.9 Å². The highest BCUT2D eigenvalue weighted by Crippen LogP contribution is 2.38. The number of hydrogen-bond acceptors (Lipinski definition) is 7. The number of nitrogens with one attached hydrogen (secondary N) is 1. The SMILES string of the molecule is C=CC(=O)NC1CC2CN(S(=O)(=O)c3ccc(-c4csc(C)n4)s3)CC2O1. The highest BCUT2D eigenvalue weighted by molar-refractivity contribution is 7.91. The third-order valence-electron chi connectivity index (χ3n) is 4.74. The molecule has 1 N–H and O–H groups in total. The van der Waals surface area contributed by atoms with Gasteiger partial charge in [0.05, 0.1) is 21.7 Å². The van der Waals surface area contributed by atoms with E-state index in [-0.39, 0.29) is 24.2 Å². The predicted octanol–water partition coefficient (Wildman–Crippen LogP) is 2.22. The molecule has 2 saturated heterocycles. The molecule has 4 rings (SSSR count). The van der Waals surface area contributed by atoms with E-state index < -0.39 is 10.0 Å². The number of amides is 1. The normalized spacial score (nSPS) is 25.4. The summed E-state index contributed by atoms with van der Waals surface area (Å²) in [6.07, 6.45) is 1.23. The zero-order valence-corrected chi connectivity index (χ0v) is 17.1. The Balaban J connectivity index is 1.45. The van der Waals surface area contributed by atoms with Crippen LogP contribution in [0.1, 0.15) is 11.4 Å². The molecular weight excluding hydrogens is 406 g/mol. The molecule has 0 aromatic carbocycles. The van der Waals surface area contributed by atoms with Crippen molar-refractivity contribution >= 4 is 38.6 Å². The zero-order valence-electron chi connectivity index (χ0n) is 14.6. The van der Waals surface area contributed by atoms with Crippen LogP contribution >= 0.6 is 22.7 Å². The second-order valence-corrected chi connectivity index (χ2v) is 10.9. The summed E-state index contributed by atoms with van der Waals surface area (Å²) in [7, 11) is -3.56. The first kappa shape index (κ1) is 18.8. The molecule has 144 valence electrons. The van der Waals surface area contributed by atoms with Crippen LogP contribution in [0.5, 0.6) is 0 Å². The lowest BCUT2D eigenvalue weighted by molar-refractivity contribution is -0.120. The summed E-state index contributed by atoms with van der Waals surface area (Å²) >= 11 is 2.78. The van der Waals surface area contributed by atoms with Gasteiger partial charge in [-0.2, -0.15) is 4.31 Å². The minimum atomic E-state index is -3.56. The molecule has 3 unspecified atom stereocenters. The number of hydrogen-bond donors (Lipinski definition) is 1. The Bertz CT molecular complexity index is 967. The van der Waals surface area contributed by atoms with Gasteiger partial charge in [-0.15, -0.1) is 22.7 Å². The number of aryl methyl sites for hydroxylation is 1. The van der Waals surface area contributed by atoms with Gasteiger partial charge in [0.1, 0.15) is 10.4 Å². The summed E-state index contributed by atoms with van der Waals surface area (Å²) in [6.45, 7) is 6.05. The summed E-state index contributed by atoms with van der Waals surface area (Å²) in [4.78, 5) is 16.7. The van der Waals surface area contributed by atoms with Gasteiger partial charge in [0.25, 0.3) is 10.0 Å². The van der Waals surface area contributed by atoms with E-state index in [1.54, 1.807) is 23.5 Å². The molecule has 0 saturated carbocycles. The van der Waals surface area contributed by atoms with Crippen molar-refractivity contribution in [1.82, 2.24) is 14.6 Å². The molecule has 7 nitrogen and oxygen atoms in total. The smallest absolute Gasteiger partial charge is 0.252 e. The van der Waals surface area contributed by atoms with Crippen LogP contribution in [0.3, 0.4) is 0 Å². The molecular formula is C17H19N3O4S3. The lowest BCUT2D eigenvalue weighted by atomic mass is 10.1. The van der Waals surface area contributed by atoms with Crippen molar-refractivity contribution in [3.05, 3.63) is 35.2 Å². The van der Waals surface area contributed by atoms with Crippen LogP contribution in [0, 0.1) is 12.8 Å². The van der Waals surface area contributed by atoms with Crippen molar-refractivity contribution in [2.24, 2.45) is 5.92 Å². The van der Waals surface area contributed by atoms with Crippen molar-refractivity contribution in [2.45, 2.75) is 29.9 Å². The van der Waals surface area contributed by atoms with Gasteiger partial charge in [-0.25, -0.2) is 13.4 Å². The number of aromatic nitrogens is 1. The molecule has 2 fully saturated rings. The fraction of sp³-hybridized carbons (Fsp3) is 0.412. The van der Waals surface area contributed by atoms with E-state index in [0.717, 1.165) is 15.6 Å². The number of ether oxygens (including phenoxy) is 1. The fourth-order valence-corrected chi connectivity index (χ4v) is 7.05. The maximum absolute atomic E-state index is 13.0. The Kier molecular flexibility index (Phi) is 4.93. The molecule has 1 amide bonds. The van der Waals surface area contributed by atoms with E-state index in [0.29, 0.717) is 23.7 Å². The van der Waals surface area contributed by atoms with Crippen LogP contribution in [0.15, 0.2) is 34.4 Å². The Morgan fingerprint density at radius 2 is 2.26 bits per heavy atom. The van der Waals surface area contributed by atoms with Gasteiger partial charge in [0.15, 0.2) is 0 Å². The quantitative estimate of drug-likeness (QED) is 0.742. The maximum Gasteiger partial charge on any atom is 0.252 e. The number of rotatable bonds is 5. The predicted molar refractivity (Wildman–Crippen MR) is 104 cm³/mol. The molecule has 0 aliphatic carbocycles. The van der Waals surface area contributed by atoms with Crippen LogP contribution in [-0.2, 0) is 19.6 Å². The summed E-state index contributed by atoms with van der Waals surface area (Å²) in [6, 6.07) is 3.45. The number of thiazole rings is 1. The number of thiophene rings is 1. The first-order valence-electron chi connectivity index (χ1n) is 8.47. The Labute approximate surface area is 165 Å². The average Bonchev–Trinajstić information content (AvgIpc) is 3.36. The highest BCUT2D eigenvalue weighted by atomic mass is 32.2. The number of carbonyl (C=O) groups excluding carboxylic acids is 1. The van der Waals surface area contributed by atoms with Gasteiger partial charge in [-0.05, 0) is 31.6 Å². The van der Waals surface area contributed by atoms with Gasteiger partial charge in [0.2, 0.25) is 5.91 Å². The highest BCUT2D eigenvalue weighted by Gasteiger charge is 2.46. The number of sulfonamides is 1. The summed E-state index contributed by atoms with van der Waals surface area (Å²) in [5, 5.41) is 5.60. The van der Waals surface area contributed by atoms with E-state index in [1.165, 1.54) is 21.7 Å². The molecule has 4 heterocycles. The van der Waals surface area contributed by atoms with E-state index in [9.17, 15) is 13.2 Å². The molecule has 2 aromatic heterocycles. The molecule has 3 atom stereocenters. The minimum absolute atomic E-state index is 0.0792. The molecule has 0 radical (unpaired) electrons. The summed E-state index contributed by atoms with van der Waals surface area (Å²) in [5.41, 5.74) is 0.811. The lowest BCUT2D eigenvalue weighted by Crippen LogP contribution is -2.36. The Hall–Kier alpha value is -1.59. The molecule has 0 bridgehead atoms. The number of fused-ring (bicyclic) bond motifs is 1. The third-order valence-corrected chi connectivity index (χ3v) is 8.92. The van der Waals surface area contributed by atoms with Crippen molar-refractivity contribution in [3.8, 4) is 10.6 Å². The van der Waals surface area contributed by atoms with Crippen molar-refractivity contribution in [2.75, 3.05) is 13.1 Å². The zero-order chi connectivity index (χ0) is 19.2. The van der Waals surface area contributed by atoms with Crippen molar-refractivity contribution < 1.29 is 17.9 Å². The van der Waals surface area contributed by atoms with E-state index in [1.807, 2.05) is 12.3 Å². The molecule has 27 heavy (non-hydrogen) atoms. The Morgan fingerprint density at radius 1 is 1.44 bits per heavy atom. The maximum atomic E-state index is 13.0. The molecule has 2 aliphatic rings. The number of nitrogens with zero attached hydrogens (tertiary/aromatic N) is 2. The van der Waals surface area contributed by atoms with Crippen LogP contribution in [-0.4, -0.2) is 49.0 Å². The first-order chi connectivity index (χ1) is 12.9. The van der Waals surface area contributed by atoms with Crippen LogP contribution in [0.25, 0.3) is 10.6 Å². The van der Waals surface area contributed by atoms with Gasteiger partial charge in [0, 0.05) is 24.4 Å². The second-order valence-electron chi connectivity index (χ2n) is 6.56. The first-order valence-corrected chi connectivity index (χ1v) is 11.6. The van der Waals surface area contributed by atoms with E-state index >= 15 is 0 Å². The topological polar surface area (TPSA) is 88.6 Å². The molecule has 2 aliphatic heterocycles. The van der Waals surface area contributed by atoms with Crippen LogP contribution in [0.2, 0.25) is 0 Å². The summed E-state index contributed by atoms with van der Waals surface area (Å²) in [5.74, 6) is -0.205.